The third-order valence-electron chi connectivity index (χ3n) is 8.14. The Labute approximate surface area is 359 Å². The molecule has 18 heteroatoms. The first-order chi connectivity index (χ1) is 26.8. The van der Waals surface area contributed by atoms with Crippen molar-refractivity contribution in [2.75, 3.05) is 0 Å². The summed E-state index contributed by atoms with van der Waals surface area (Å²) in [5.74, 6) is 1.42. The Morgan fingerprint density at radius 3 is 1.46 bits per heavy atom. The minimum absolute atomic E-state index is 0.0894. The number of carbonyl (C=O) groups is 2. The van der Waals surface area contributed by atoms with E-state index < -0.39 is 0 Å². The smallest absolute Gasteiger partial charge is 0.264 e. The Morgan fingerprint density at radius 1 is 0.667 bits per heavy atom. The summed E-state index contributed by atoms with van der Waals surface area (Å²) in [6.07, 6.45) is 0.770. The molecule has 0 fully saturated rings. The molecule has 0 radical (unpaired) electrons. The van der Waals surface area contributed by atoms with E-state index in [1.165, 1.54) is 12.1 Å². The van der Waals surface area contributed by atoms with Gasteiger partial charge in [-0.05, 0) is 86.7 Å². The second-order valence-electron chi connectivity index (χ2n) is 13.4. The van der Waals surface area contributed by atoms with E-state index >= 15 is 0 Å². The third-order valence-corrected chi connectivity index (χ3v) is 9.82. The van der Waals surface area contributed by atoms with Crippen LogP contribution in [0.4, 0.5) is 0 Å². The Bertz CT molecular complexity index is 2210. The Hall–Kier alpha value is -4.30. The van der Waals surface area contributed by atoms with Crippen molar-refractivity contribution < 1.29 is 23.8 Å². The van der Waals surface area contributed by atoms with Crippen molar-refractivity contribution in [3.8, 4) is 23.1 Å². The van der Waals surface area contributed by atoms with Crippen LogP contribution in [0.15, 0.2) is 75.7 Å². The molecular formula is C39H38Cl6N6O6. The number of halogens is 6. The number of nitrogens with zero attached hydrogens (tertiary/aromatic N) is 3. The number of hydrogen-bond donors (Lipinski definition) is 3. The second kappa shape index (κ2) is 20.4. The molecule has 57 heavy (non-hydrogen) atoms. The topological polar surface area (TPSA) is 156 Å². The van der Waals surface area contributed by atoms with Gasteiger partial charge in [0.05, 0.1) is 42.0 Å². The van der Waals surface area contributed by atoms with Gasteiger partial charge in [0, 0.05) is 25.0 Å². The molecule has 0 saturated carbocycles. The molecule has 0 spiro atoms. The molecule has 302 valence electrons. The van der Waals surface area contributed by atoms with Gasteiger partial charge >= 0.3 is 0 Å². The number of hydrogen-bond acceptors (Lipinski definition) is 9. The highest BCUT2D eigenvalue weighted by Gasteiger charge is 2.30. The normalized spacial score (nSPS) is 16.1. The number of amides is 2. The summed E-state index contributed by atoms with van der Waals surface area (Å²) in [6.45, 7) is 15.2. The summed E-state index contributed by atoms with van der Waals surface area (Å²) in [4.78, 5) is 34.1. The molecule has 2 unspecified atom stereocenters. The van der Waals surface area contributed by atoms with Crippen LogP contribution < -0.4 is 30.6 Å². The van der Waals surface area contributed by atoms with Gasteiger partial charge in [-0.3, -0.25) is 14.4 Å². The monoisotopic (exact) mass is 896 g/mol. The maximum atomic E-state index is 11.7. The van der Waals surface area contributed by atoms with Gasteiger partial charge in [0.1, 0.15) is 0 Å². The predicted octanol–water partition coefficient (Wildman–Crippen LogP) is 10.7. The summed E-state index contributed by atoms with van der Waals surface area (Å²) in [5, 5.41) is 16.2. The number of aromatic nitrogens is 2. The van der Waals surface area contributed by atoms with Gasteiger partial charge in [-0.25, -0.2) is 16.0 Å². The summed E-state index contributed by atoms with van der Waals surface area (Å²) >= 11 is 36.5. The number of aryl methyl sites for hydroxylation is 3. The van der Waals surface area contributed by atoms with Crippen LogP contribution in [0.5, 0.6) is 23.1 Å². The summed E-state index contributed by atoms with van der Waals surface area (Å²) in [5.41, 5.74) is 8.14. The highest BCUT2D eigenvalue weighted by atomic mass is 35.5. The van der Waals surface area contributed by atoms with Crippen molar-refractivity contribution in [3.63, 3.8) is 0 Å². The zero-order chi connectivity index (χ0) is 42.1. The van der Waals surface area contributed by atoms with Gasteiger partial charge in [0.15, 0.2) is 17.2 Å². The zero-order valence-corrected chi connectivity index (χ0v) is 36.1. The van der Waals surface area contributed by atoms with E-state index in [0.29, 0.717) is 72.0 Å². The van der Waals surface area contributed by atoms with Crippen molar-refractivity contribution in [2.45, 2.75) is 54.4 Å². The van der Waals surface area contributed by atoms with Gasteiger partial charge in [-0.1, -0.05) is 95.6 Å². The first-order valence-electron chi connectivity index (χ1n) is 17.2. The van der Waals surface area contributed by atoms with Crippen LogP contribution >= 0.6 is 69.6 Å². The number of carbonyl (C=O) groups excluding carboxylic acids is 2. The Balaban J connectivity index is 0.000000190. The van der Waals surface area contributed by atoms with E-state index in [1.807, 2.05) is 34.6 Å². The average Bonchev–Trinajstić information content (AvgIpc) is 3.12. The second-order valence-corrected chi connectivity index (χ2v) is 15.8. The lowest BCUT2D eigenvalue weighted by molar-refractivity contribution is -0.127. The minimum atomic E-state index is -0.356. The predicted molar refractivity (Wildman–Crippen MR) is 227 cm³/mol. The van der Waals surface area contributed by atoms with Crippen LogP contribution in [0, 0.1) is 38.5 Å². The molecule has 2 atom stereocenters. The lowest BCUT2D eigenvalue weighted by Gasteiger charge is -2.24. The molecular weight excluding hydrogens is 861 g/mol. The molecule has 3 aromatic carbocycles. The van der Waals surface area contributed by atoms with Crippen LogP contribution in [-0.4, -0.2) is 33.8 Å². The maximum Gasteiger partial charge on any atom is 0.264 e. The summed E-state index contributed by atoms with van der Waals surface area (Å²) in [6, 6.07) is 13.2. The average molecular weight is 899 g/mol. The van der Waals surface area contributed by atoms with Crippen molar-refractivity contribution in [1.29, 1.82) is 0 Å². The van der Waals surface area contributed by atoms with Crippen LogP contribution in [0.25, 0.3) is 0 Å². The van der Waals surface area contributed by atoms with E-state index in [0.717, 1.165) is 22.3 Å². The molecule has 2 amide bonds. The first-order valence-corrected chi connectivity index (χ1v) is 19.4. The minimum Gasteiger partial charge on any atom is -0.438 e. The lowest BCUT2D eigenvalue weighted by Crippen LogP contribution is -2.38. The van der Waals surface area contributed by atoms with Gasteiger partial charge in [-0.2, -0.15) is 0 Å². The number of H-pyrrole nitrogens is 1. The maximum absolute atomic E-state index is 11.7. The highest BCUT2D eigenvalue weighted by molar-refractivity contribution is 6.38. The van der Waals surface area contributed by atoms with Crippen LogP contribution in [0.1, 0.15) is 50.3 Å². The number of nitrogens with one attached hydrogen (secondary N) is 3. The van der Waals surface area contributed by atoms with Crippen molar-refractivity contribution in [1.82, 2.24) is 21.0 Å². The number of aromatic amines is 1. The molecule has 12 nitrogen and oxygen atoms in total. The Kier molecular flexibility index (Phi) is 16.3. The number of rotatable bonds is 6. The van der Waals surface area contributed by atoms with Gasteiger partial charge in [0.25, 0.3) is 5.56 Å². The summed E-state index contributed by atoms with van der Waals surface area (Å²) in [7, 11) is 0. The molecule has 2 aliphatic heterocycles. The first kappa shape index (κ1) is 45.4. The van der Waals surface area contributed by atoms with Crippen LogP contribution in [-0.2, 0) is 9.59 Å². The molecule has 0 aliphatic carbocycles. The highest BCUT2D eigenvalue weighted by Crippen LogP contribution is 2.38. The number of benzene rings is 3. The van der Waals surface area contributed by atoms with E-state index in [2.05, 4.69) is 37.8 Å². The molecule has 0 bridgehead atoms. The third kappa shape index (κ3) is 12.8. The van der Waals surface area contributed by atoms with E-state index in [-0.39, 0.29) is 41.0 Å². The quantitative estimate of drug-likeness (QED) is 0.163. The summed E-state index contributed by atoms with van der Waals surface area (Å²) < 4.78 is 16.7. The Morgan fingerprint density at radius 2 is 1.07 bits per heavy atom. The van der Waals surface area contributed by atoms with Crippen LogP contribution in [0.2, 0.25) is 30.1 Å². The molecule has 0 saturated heterocycles. The molecule has 3 N–H and O–H groups in total. The fourth-order valence-corrected chi connectivity index (χ4v) is 7.20. The molecule has 4 aromatic rings. The standard InChI is InChI=1S/C14H16Cl2N2O2.C14H14Cl2N2O2.C11H8Cl2N2O2/c2*1-7(2)9-6-12(17-18-14(9)19)20-13-10(15)4-8(3)5-11(13)16;1-6-4-7(12)11(8(13)5-6)17-10-3-2-9(16)14-15-10/h4-5,7,9H,6H2,1-3H3,(H,18,19);4-5,9H,1,6H2,2-3H3,(H,18,19);2-5H,1H3,(H,14,16). The molecule has 6 rings (SSSR count). The van der Waals surface area contributed by atoms with Gasteiger partial charge in [-0.15, -0.1) is 15.3 Å². The van der Waals surface area contributed by atoms with E-state index in [9.17, 15) is 14.4 Å². The number of hydrazone groups is 2. The fraction of sp³-hybridized carbons (Fsp3) is 0.282. The number of ether oxygens (including phenoxy) is 3. The van der Waals surface area contributed by atoms with E-state index in [4.69, 9.17) is 83.8 Å². The largest absolute Gasteiger partial charge is 0.438 e. The van der Waals surface area contributed by atoms with Crippen molar-refractivity contribution >= 4 is 93.2 Å². The van der Waals surface area contributed by atoms with Crippen molar-refractivity contribution in [3.05, 3.63) is 118 Å². The SMILES string of the molecule is C=C(C)C1CC(Oc2c(Cl)cc(C)cc2Cl)=NNC1=O.Cc1cc(Cl)c(OC2=NNC(=O)C(C(C)C)C2)c(Cl)c1.Cc1cc(Cl)c(Oc2ccc(=O)[nH]n2)c(Cl)c1. The lowest BCUT2D eigenvalue weighted by atomic mass is 9.91. The van der Waals surface area contributed by atoms with Gasteiger partial charge < -0.3 is 14.2 Å². The van der Waals surface area contributed by atoms with Crippen LogP contribution in [0.3, 0.4) is 0 Å². The molecule has 2 aliphatic rings. The zero-order valence-electron chi connectivity index (χ0n) is 31.5. The van der Waals surface area contributed by atoms with Crippen molar-refractivity contribution in [2.24, 2.45) is 28.0 Å². The van der Waals surface area contributed by atoms with E-state index in [1.54, 1.807) is 43.3 Å². The van der Waals surface area contributed by atoms with Gasteiger partial charge in [0.2, 0.25) is 29.5 Å². The molecule has 3 heterocycles. The fourth-order valence-electron chi connectivity index (χ4n) is 5.18. The molecule has 1 aromatic heterocycles.